The van der Waals surface area contributed by atoms with Gasteiger partial charge in [0.1, 0.15) is 11.5 Å². The molecule has 2 aliphatic heterocycles. The van der Waals surface area contributed by atoms with Crippen molar-refractivity contribution < 1.29 is 14.3 Å². The molecule has 0 saturated carbocycles. The molecule has 0 fully saturated rings. The van der Waals surface area contributed by atoms with E-state index in [-0.39, 0.29) is 5.97 Å². The van der Waals surface area contributed by atoms with Crippen molar-refractivity contribution in [3.05, 3.63) is 111 Å². The average molecular weight is 545 g/mol. The molecule has 7 heteroatoms. The van der Waals surface area contributed by atoms with Gasteiger partial charge in [0.05, 0.1) is 16.3 Å². The predicted octanol–water partition coefficient (Wildman–Crippen LogP) is 8.83. The van der Waals surface area contributed by atoms with Crippen LogP contribution in [0.1, 0.15) is 52.4 Å². The quantitative estimate of drug-likeness (QED) is 0.187. The van der Waals surface area contributed by atoms with E-state index in [2.05, 4.69) is 30.5 Å². The topological polar surface area (TPSA) is 59.6 Å². The third-order valence-electron chi connectivity index (χ3n) is 7.11. The number of carbonyl (C=O) groups is 1. The van der Waals surface area contributed by atoms with Crippen molar-refractivity contribution in [2.45, 2.75) is 32.3 Å². The summed E-state index contributed by atoms with van der Waals surface area (Å²) in [5.74, 6) is 0.924. The molecule has 1 atom stereocenters. The molecule has 38 heavy (non-hydrogen) atoms. The second kappa shape index (κ2) is 9.57. The van der Waals surface area contributed by atoms with Crippen LogP contribution in [0.4, 0.5) is 17.1 Å². The van der Waals surface area contributed by atoms with E-state index in [4.69, 9.17) is 32.7 Å². The first kappa shape index (κ1) is 24.7. The minimum atomic E-state index is -1.15. The van der Waals surface area contributed by atoms with Crippen molar-refractivity contribution in [1.82, 2.24) is 0 Å². The largest absolute Gasteiger partial charge is 0.456 e. The van der Waals surface area contributed by atoms with E-state index >= 15 is 0 Å². The number of halogens is 2. The van der Waals surface area contributed by atoms with Crippen molar-refractivity contribution in [3.8, 4) is 11.5 Å². The van der Waals surface area contributed by atoms with Gasteiger partial charge in [-0.05, 0) is 67.4 Å². The Balaban J connectivity index is 1.52. The molecular weight excluding hydrogens is 519 g/mol. The molecule has 1 unspecified atom stereocenters. The number of esters is 1. The van der Waals surface area contributed by atoms with E-state index < -0.39 is 5.60 Å². The summed E-state index contributed by atoms with van der Waals surface area (Å²) in [6.07, 6.45) is 2.18. The number of hydrogen-bond acceptors (Lipinski definition) is 5. The summed E-state index contributed by atoms with van der Waals surface area (Å²) in [4.78, 5) is 13.2. The van der Waals surface area contributed by atoms with E-state index in [0.717, 1.165) is 53.0 Å². The van der Waals surface area contributed by atoms with Gasteiger partial charge >= 0.3 is 5.97 Å². The van der Waals surface area contributed by atoms with Gasteiger partial charge in [0, 0.05) is 45.7 Å². The number of aryl methyl sites for hydroxylation is 1. The number of ether oxygens (including phenoxy) is 2. The Morgan fingerprint density at radius 1 is 0.868 bits per heavy atom. The average Bonchev–Trinajstić information content (AvgIpc) is 3.20. The molecule has 5 nitrogen and oxygen atoms in total. The third kappa shape index (κ3) is 3.98. The van der Waals surface area contributed by atoms with Gasteiger partial charge in [0.25, 0.3) is 0 Å². The molecule has 0 radical (unpaired) electrons. The molecule has 4 aromatic rings. The van der Waals surface area contributed by atoms with Crippen molar-refractivity contribution in [3.63, 3.8) is 0 Å². The highest BCUT2D eigenvalue weighted by atomic mass is 35.5. The fourth-order valence-corrected chi connectivity index (χ4v) is 5.69. The molecule has 0 aliphatic carbocycles. The minimum Gasteiger partial charge on any atom is -0.456 e. The van der Waals surface area contributed by atoms with Gasteiger partial charge < -0.3 is 20.1 Å². The number of carbonyl (C=O) groups excluding carboxylic acids is 1. The van der Waals surface area contributed by atoms with E-state index in [1.54, 1.807) is 12.1 Å². The Labute approximate surface area is 231 Å². The summed E-state index contributed by atoms with van der Waals surface area (Å²) < 4.78 is 12.8. The van der Waals surface area contributed by atoms with Gasteiger partial charge in [-0.3, -0.25) is 0 Å². The van der Waals surface area contributed by atoms with Gasteiger partial charge in [-0.1, -0.05) is 54.7 Å². The van der Waals surface area contributed by atoms with Crippen LogP contribution < -0.4 is 15.4 Å². The predicted molar refractivity (Wildman–Crippen MR) is 153 cm³/mol. The number of hydrogen-bond donors (Lipinski definition) is 2. The fraction of sp³-hybridized carbons (Fsp3) is 0.194. The molecule has 6 rings (SSSR count). The van der Waals surface area contributed by atoms with Gasteiger partial charge in [-0.2, -0.15) is 0 Å². The van der Waals surface area contributed by atoms with Crippen molar-refractivity contribution >= 4 is 46.2 Å². The highest BCUT2D eigenvalue weighted by molar-refractivity contribution is 6.36. The Hall–Kier alpha value is -3.67. The maximum atomic E-state index is 13.2. The first-order valence-corrected chi connectivity index (χ1v) is 13.4. The Bertz CT molecular complexity index is 1590. The number of anilines is 3. The van der Waals surface area contributed by atoms with Crippen LogP contribution in [0.5, 0.6) is 11.5 Å². The maximum absolute atomic E-state index is 13.2. The number of fused-ring (bicyclic) bond motifs is 6. The van der Waals surface area contributed by atoms with Crippen molar-refractivity contribution in [2.24, 2.45) is 0 Å². The van der Waals surface area contributed by atoms with Gasteiger partial charge in [-0.15, -0.1) is 0 Å². The highest BCUT2D eigenvalue weighted by Crippen LogP contribution is 2.57. The van der Waals surface area contributed by atoms with Crippen LogP contribution in [0.2, 0.25) is 10.0 Å². The van der Waals surface area contributed by atoms with E-state index in [0.29, 0.717) is 32.8 Å². The molecule has 0 bridgehead atoms. The number of rotatable bonds is 6. The zero-order chi connectivity index (χ0) is 26.4. The lowest BCUT2D eigenvalue weighted by molar-refractivity contribution is 0.0224. The highest BCUT2D eigenvalue weighted by Gasteiger charge is 2.53. The minimum absolute atomic E-state index is 0.360. The Kier molecular flexibility index (Phi) is 6.21. The zero-order valence-electron chi connectivity index (χ0n) is 21.0. The van der Waals surface area contributed by atoms with Crippen molar-refractivity contribution in [2.75, 3.05) is 17.2 Å². The molecule has 0 saturated heterocycles. The lowest BCUT2D eigenvalue weighted by Crippen LogP contribution is -2.33. The fourth-order valence-electron chi connectivity index (χ4n) is 5.24. The third-order valence-corrected chi connectivity index (χ3v) is 7.66. The molecule has 0 aromatic heterocycles. The first-order valence-electron chi connectivity index (χ1n) is 12.7. The molecule has 4 aromatic carbocycles. The van der Waals surface area contributed by atoms with E-state index in [1.165, 1.54) is 0 Å². The van der Waals surface area contributed by atoms with Gasteiger partial charge in [0.2, 0.25) is 0 Å². The lowest BCUT2D eigenvalue weighted by atomic mass is 9.77. The number of nitrogens with one attached hydrogen (secondary N) is 2. The molecule has 192 valence electrons. The maximum Gasteiger partial charge on any atom is 0.340 e. The van der Waals surface area contributed by atoms with Gasteiger partial charge in [0.15, 0.2) is 5.60 Å². The lowest BCUT2D eigenvalue weighted by Gasteiger charge is -2.37. The number of unbranched alkanes of at least 4 members (excludes halogenated alkanes) is 1. The molecule has 2 heterocycles. The molecule has 2 aliphatic rings. The van der Waals surface area contributed by atoms with Gasteiger partial charge in [-0.25, -0.2) is 4.79 Å². The summed E-state index contributed by atoms with van der Waals surface area (Å²) in [6.45, 7) is 5.10. The van der Waals surface area contributed by atoms with Crippen molar-refractivity contribution in [1.29, 1.82) is 0 Å². The van der Waals surface area contributed by atoms with Crippen LogP contribution in [0.15, 0.2) is 72.8 Å². The molecule has 1 spiro atoms. The Morgan fingerprint density at radius 2 is 1.68 bits per heavy atom. The molecule has 2 N–H and O–H groups in total. The first-order chi connectivity index (χ1) is 18.4. The van der Waals surface area contributed by atoms with Crippen LogP contribution in [0, 0.1) is 6.92 Å². The van der Waals surface area contributed by atoms with Crippen LogP contribution in [0.25, 0.3) is 0 Å². The standard InChI is InChI=1S/C31H26Cl2N2O3/c1-3-4-13-34-27-17-29-23(14-18(27)2)31(22-8-6-5-7-21(22)30(36)38-31)24-16-20(10-12-28(24)37-29)35-26-11-9-19(32)15-25(26)33/h5-12,14-17,34-35H,3-4,13H2,1-2H3. The van der Waals surface area contributed by atoms with Crippen LogP contribution in [0.3, 0.4) is 0 Å². The second-order valence-corrected chi connectivity index (χ2v) is 10.5. The summed E-state index contributed by atoms with van der Waals surface area (Å²) in [7, 11) is 0. The van der Waals surface area contributed by atoms with Crippen LogP contribution in [-0.4, -0.2) is 12.5 Å². The molecule has 0 amide bonds. The molecular formula is C31H26Cl2N2O3. The monoisotopic (exact) mass is 544 g/mol. The smallest absolute Gasteiger partial charge is 0.340 e. The Morgan fingerprint density at radius 3 is 2.50 bits per heavy atom. The summed E-state index contributed by atoms with van der Waals surface area (Å²) in [5, 5.41) is 7.95. The summed E-state index contributed by atoms with van der Waals surface area (Å²) in [6, 6.07) is 22.7. The van der Waals surface area contributed by atoms with E-state index in [1.807, 2.05) is 54.6 Å². The van der Waals surface area contributed by atoms with E-state index in [9.17, 15) is 4.79 Å². The van der Waals surface area contributed by atoms with Crippen LogP contribution in [-0.2, 0) is 10.3 Å². The SMILES string of the molecule is CCCCNc1cc2c(cc1C)C1(OC(=O)c3ccccc31)c1cc(Nc3ccc(Cl)cc3Cl)ccc1O2. The number of benzene rings is 4. The second-order valence-electron chi connectivity index (χ2n) is 9.62. The van der Waals surface area contributed by atoms with Crippen LogP contribution >= 0.6 is 23.2 Å². The summed E-state index contributed by atoms with van der Waals surface area (Å²) >= 11 is 12.5. The normalized spacial score (nSPS) is 16.8. The summed E-state index contributed by atoms with van der Waals surface area (Å²) in [5.41, 5.74) is 5.27. The zero-order valence-corrected chi connectivity index (χ0v) is 22.5.